The van der Waals surface area contributed by atoms with Gasteiger partial charge in [0.15, 0.2) is 0 Å². The number of sulfonamides is 1. The van der Waals surface area contributed by atoms with Crippen LogP contribution in [-0.4, -0.2) is 31.7 Å². The van der Waals surface area contributed by atoms with Crippen molar-refractivity contribution < 1.29 is 13.2 Å². The summed E-state index contributed by atoms with van der Waals surface area (Å²) < 4.78 is 26.5. The Morgan fingerprint density at radius 3 is 2.25 bits per heavy atom. The van der Waals surface area contributed by atoms with Crippen molar-refractivity contribution >= 4 is 15.9 Å². The molecule has 0 atom stereocenters. The molecule has 0 aliphatic heterocycles. The van der Waals surface area contributed by atoms with Gasteiger partial charge in [-0.25, -0.2) is 8.42 Å². The van der Waals surface area contributed by atoms with Gasteiger partial charge in [0, 0.05) is 25.2 Å². The fourth-order valence-electron chi connectivity index (χ4n) is 3.65. The summed E-state index contributed by atoms with van der Waals surface area (Å²) in [7, 11) is -3.46. The van der Waals surface area contributed by atoms with Crippen molar-refractivity contribution in [3.63, 3.8) is 0 Å². The summed E-state index contributed by atoms with van der Waals surface area (Å²) in [6, 6.07) is 12.7. The molecular weight excluding hydrogens is 372 g/mol. The maximum Gasteiger partial charge on any atom is 0.251 e. The van der Waals surface area contributed by atoms with Crippen LogP contribution >= 0.6 is 0 Å². The van der Waals surface area contributed by atoms with Crippen LogP contribution in [0.1, 0.15) is 53.7 Å². The molecule has 1 aliphatic rings. The SMILES string of the molecule is CCN(CC)S(=O)(=O)c1ccc(CNC(=O)c2ccc3c(c2)CCCC3)cc1. The predicted octanol–water partition coefficient (Wildman–Crippen LogP) is 3.53. The fraction of sp³-hybridized carbons (Fsp3) is 0.409. The Hall–Kier alpha value is -2.18. The molecule has 0 saturated heterocycles. The molecule has 28 heavy (non-hydrogen) atoms. The second kappa shape index (κ2) is 8.88. The first kappa shape index (κ1) is 20.6. The minimum Gasteiger partial charge on any atom is -0.348 e. The molecule has 3 rings (SSSR count). The third kappa shape index (κ3) is 4.45. The smallest absolute Gasteiger partial charge is 0.251 e. The van der Waals surface area contributed by atoms with Crippen molar-refractivity contribution in [1.29, 1.82) is 0 Å². The Balaban J connectivity index is 1.64. The Morgan fingerprint density at radius 2 is 1.61 bits per heavy atom. The van der Waals surface area contributed by atoms with Crippen molar-refractivity contribution in [3.05, 3.63) is 64.7 Å². The molecule has 5 nitrogen and oxygen atoms in total. The van der Waals surface area contributed by atoms with Gasteiger partial charge in [0.1, 0.15) is 0 Å². The molecular formula is C22H28N2O3S. The zero-order chi connectivity index (χ0) is 20.1. The topological polar surface area (TPSA) is 66.5 Å². The van der Waals surface area contributed by atoms with Gasteiger partial charge in [0.05, 0.1) is 4.90 Å². The Bertz CT molecular complexity index is 933. The van der Waals surface area contributed by atoms with Crippen LogP contribution in [0.5, 0.6) is 0 Å². The number of hydrogen-bond acceptors (Lipinski definition) is 3. The number of nitrogens with zero attached hydrogens (tertiary/aromatic N) is 1. The van der Waals surface area contributed by atoms with E-state index in [1.165, 1.54) is 28.3 Å². The summed E-state index contributed by atoms with van der Waals surface area (Å²) in [5, 5.41) is 2.93. The van der Waals surface area contributed by atoms with E-state index in [1.54, 1.807) is 24.3 Å². The number of aryl methyl sites for hydroxylation is 2. The van der Waals surface area contributed by atoms with E-state index in [-0.39, 0.29) is 10.8 Å². The number of carbonyl (C=O) groups is 1. The van der Waals surface area contributed by atoms with E-state index in [1.807, 2.05) is 26.0 Å². The maximum absolute atomic E-state index is 12.5. The maximum atomic E-state index is 12.5. The van der Waals surface area contributed by atoms with Gasteiger partial charge in [0.2, 0.25) is 10.0 Å². The Morgan fingerprint density at radius 1 is 0.964 bits per heavy atom. The van der Waals surface area contributed by atoms with Gasteiger partial charge >= 0.3 is 0 Å². The molecule has 1 N–H and O–H groups in total. The number of fused-ring (bicyclic) bond motifs is 1. The lowest BCUT2D eigenvalue weighted by Gasteiger charge is -2.18. The second-order valence-corrected chi connectivity index (χ2v) is 9.04. The number of hydrogen-bond donors (Lipinski definition) is 1. The zero-order valence-corrected chi connectivity index (χ0v) is 17.4. The third-order valence-corrected chi connectivity index (χ3v) is 7.39. The van der Waals surface area contributed by atoms with Gasteiger partial charge in [-0.2, -0.15) is 4.31 Å². The number of carbonyl (C=O) groups excluding carboxylic acids is 1. The normalized spacial score (nSPS) is 14.0. The Kier molecular flexibility index (Phi) is 6.52. The van der Waals surface area contributed by atoms with Gasteiger partial charge in [-0.3, -0.25) is 4.79 Å². The highest BCUT2D eigenvalue weighted by atomic mass is 32.2. The summed E-state index contributed by atoms with van der Waals surface area (Å²) in [6.45, 7) is 4.90. The summed E-state index contributed by atoms with van der Waals surface area (Å²) in [5.74, 6) is -0.104. The summed E-state index contributed by atoms with van der Waals surface area (Å²) in [5.41, 5.74) is 4.18. The standard InChI is InChI=1S/C22H28N2O3S/c1-3-24(4-2)28(26,27)21-13-9-17(10-14-21)16-23-22(25)20-12-11-18-7-5-6-8-19(18)15-20/h9-15H,3-8,16H2,1-2H3,(H,23,25). The average molecular weight is 401 g/mol. The first-order chi connectivity index (χ1) is 13.5. The molecule has 0 saturated carbocycles. The highest BCUT2D eigenvalue weighted by Crippen LogP contribution is 2.22. The lowest BCUT2D eigenvalue weighted by Crippen LogP contribution is -2.30. The lowest BCUT2D eigenvalue weighted by molar-refractivity contribution is 0.0950. The van der Waals surface area contributed by atoms with Gasteiger partial charge in [-0.1, -0.05) is 32.0 Å². The minimum atomic E-state index is -3.46. The molecule has 0 aromatic heterocycles. The molecule has 2 aromatic rings. The summed E-state index contributed by atoms with van der Waals surface area (Å²) in [6.07, 6.45) is 4.54. The van der Waals surface area contributed by atoms with Gasteiger partial charge < -0.3 is 5.32 Å². The molecule has 1 aliphatic carbocycles. The van der Waals surface area contributed by atoms with E-state index in [2.05, 4.69) is 11.4 Å². The predicted molar refractivity (Wildman–Crippen MR) is 111 cm³/mol. The molecule has 0 spiro atoms. The van der Waals surface area contributed by atoms with Crippen LogP contribution in [0.25, 0.3) is 0 Å². The van der Waals surface area contributed by atoms with Gasteiger partial charge in [-0.15, -0.1) is 0 Å². The highest BCUT2D eigenvalue weighted by molar-refractivity contribution is 7.89. The van der Waals surface area contributed by atoms with Crippen molar-refractivity contribution in [2.45, 2.75) is 51.0 Å². The number of nitrogens with one attached hydrogen (secondary N) is 1. The zero-order valence-electron chi connectivity index (χ0n) is 16.6. The van der Waals surface area contributed by atoms with Crippen LogP contribution in [0.4, 0.5) is 0 Å². The van der Waals surface area contributed by atoms with Crippen LogP contribution in [0.3, 0.4) is 0 Å². The van der Waals surface area contributed by atoms with Crippen molar-refractivity contribution in [1.82, 2.24) is 9.62 Å². The molecule has 2 aromatic carbocycles. The van der Waals surface area contributed by atoms with E-state index >= 15 is 0 Å². The van der Waals surface area contributed by atoms with Crippen molar-refractivity contribution in [2.24, 2.45) is 0 Å². The average Bonchev–Trinajstić information content (AvgIpc) is 2.72. The molecule has 150 valence electrons. The minimum absolute atomic E-state index is 0.104. The van der Waals surface area contributed by atoms with E-state index in [9.17, 15) is 13.2 Å². The molecule has 0 fully saturated rings. The molecule has 0 heterocycles. The van der Waals surface area contributed by atoms with Gasteiger partial charge in [0.25, 0.3) is 5.91 Å². The molecule has 1 amide bonds. The number of amides is 1. The molecule has 0 bridgehead atoms. The lowest BCUT2D eigenvalue weighted by atomic mass is 9.90. The highest BCUT2D eigenvalue weighted by Gasteiger charge is 2.21. The number of benzene rings is 2. The van der Waals surface area contributed by atoms with Gasteiger partial charge in [-0.05, 0) is 66.6 Å². The Labute approximate surface area is 167 Å². The summed E-state index contributed by atoms with van der Waals surface area (Å²) >= 11 is 0. The van der Waals surface area contributed by atoms with Crippen LogP contribution < -0.4 is 5.32 Å². The van der Waals surface area contributed by atoms with Crippen LogP contribution in [0, 0.1) is 0 Å². The van der Waals surface area contributed by atoms with E-state index in [0.717, 1.165) is 18.4 Å². The van der Waals surface area contributed by atoms with Crippen LogP contribution in [0.15, 0.2) is 47.4 Å². The quantitative estimate of drug-likeness (QED) is 0.773. The monoisotopic (exact) mass is 400 g/mol. The molecule has 0 unspecified atom stereocenters. The number of rotatable bonds is 7. The van der Waals surface area contributed by atoms with E-state index in [0.29, 0.717) is 25.2 Å². The van der Waals surface area contributed by atoms with E-state index in [4.69, 9.17) is 0 Å². The first-order valence-electron chi connectivity index (χ1n) is 9.94. The van der Waals surface area contributed by atoms with Crippen LogP contribution in [0.2, 0.25) is 0 Å². The second-order valence-electron chi connectivity index (χ2n) is 7.11. The summed E-state index contributed by atoms with van der Waals surface area (Å²) in [4.78, 5) is 12.8. The molecule has 6 heteroatoms. The molecule has 0 radical (unpaired) electrons. The van der Waals surface area contributed by atoms with Crippen molar-refractivity contribution in [2.75, 3.05) is 13.1 Å². The first-order valence-corrected chi connectivity index (χ1v) is 11.4. The third-order valence-electron chi connectivity index (χ3n) is 5.33. The van der Waals surface area contributed by atoms with E-state index < -0.39 is 10.0 Å². The largest absolute Gasteiger partial charge is 0.348 e. The van der Waals surface area contributed by atoms with Crippen LogP contribution in [-0.2, 0) is 29.4 Å². The fourth-order valence-corrected chi connectivity index (χ4v) is 5.11. The van der Waals surface area contributed by atoms with Crippen molar-refractivity contribution in [3.8, 4) is 0 Å².